The number of methoxy groups -OCH3 is 1. The Hall–Kier alpha value is -1.74. The van der Waals surface area contributed by atoms with E-state index in [1.807, 2.05) is 18.2 Å². The van der Waals surface area contributed by atoms with Crippen molar-refractivity contribution in [2.24, 2.45) is 0 Å². The second-order valence-corrected chi connectivity index (χ2v) is 8.95. The van der Waals surface area contributed by atoms with Crippen LogP contribution in [-0.4, -0.2) is 56.9 Å². The second kappa shape index (κ2) is 8.30. The summed E-state index contributed by atoms with van der Waals surface area (Å²) >= 11 is 1.09. The van der Waals surface area contributed by atoms with Crippen LogP contribution in [0.25, 0.3) is 0 Å². The molecule has 0 radical (unpaired) electrons. The molecular formula is C18H22N2O4S2. The Labute approximate surface area is 158 Å². The summed E-state index contributed by atoms with van der Waals surface area (Å²) in [6.07, 6.45) is 0.754. The van der Waals surface area contributed by atoms with Crippen molar-refractivity contribution in [2.75, 3.05) is 33.3 Å². The lowest BCUT2D eigenvalue weighted by molar-refractivity contribution is 0.0602. The number of thiophene rings is 1. The van der Waals surface area contributed by atoms with E-state index in [2.05, 4.69) is 17.0 Å². The predicted molar refractivity (Wildman–Crippen MR) is 101 cm³/mol. The molecule has 0 aliphatic carbocycles. The van der Waals surface area contributed by atoms with Crippen LogP contribution in [0.1, 0.15) is 21.7 Å². The quantitative estimate of drug-likeness (QED) is 0.729. The van der Waals surface area contributed by atoms with Gasteiger partial charge in [0.05, 0.1) is 7.11 Å². The lowest BCUT2D eigenvalue weighted by atomic mass is 10.2. The number of hydrogen-bond acceptors (Lipinski definition) is 6. The summed E-state index contributed by atoms with van der Waals surface area (Å²) in [5.41, 5.74) is 1.22. The maximum atomic E-state index is 13.0. The van der Waals surface area contributed by atoms with E-state index in [0.717, 1.165) is 30.8 Å². The monoisotopic (exact) mass is 394 g/mol. The van der Waals surface area contributed by atoms with Crippen LogP contribution in [0.3, 0.4) is 0 Å². The van der Waals surface area contributed by atoms with E-state index in [0.29, 0.717) is 19.6 Å². The average molecular weight is 395 g/mol. The lowest BCUT2D eigenvalue weighted by Gasteiger charge is -2.21. The highest BCUT2D eigenvalue weighted by molar-refractivity contribution is 7.89. The Morgan fingerprint density at radius 2 is 1.88 bits per heavy atom. The largest absolute Gasteiger partial charge is 0.465 e. The summed E-state index contributed by atoms with van der Waals surface area (Å²) in [6, 6.07) is 11.6. The summed E-state index contributed by atoms with van der Waals surface area (Å²) < 4.78 is 32.2. The summed E-state index contributed by atoms with van der Waals surface area (Å²) in [6.45, 7) is 3.16. The standard InChI is InChI=1S/C18H22N2O4S2/c1-24-18(21)17-16(8-13-25-17)26(22,23)20-10-5-9-19(11-12-20)14-15-6-3-2-4-7-15/h2-4,6-8,13H,5,9-12,14H2,1H3. The van der Waals surface area contributed by atoms with Crippen LogP contribution in [0.2, 0.25) is 0 Å². The van der Waals surface area contributed by atoms with Crippen molar-refractivity contribution in [3.05, 3.63) is 52.2 Å². The van der Waals surface area contributed by atoms with E-state index in [1.54, 1.807) is 5.38 Å². The molecule has 0 bridgehead atoms. The Kier molecular flexibility index (Phi) is 6.08. The maximum absolute atomic E-state index is 13.0. The molecule has 140 valence electrons. The predicted octanol–water partition coefficient (Wildman–Crippen LogP) is 2.43. The third kappa shape index (κ3) is 4.15. The van der Waals surface area contributed by atoms with Gasteiger partial charge in [0, 0.05) is 26.2 Å². The molecule has 2 aromatic rings. The molecule has 0 unspecified atom stereocenters. The molecule has 1 saturated heterocycles. The molecule has 2 heterocycles. The Balaban J connectivity index is 1.72. The number of sulfonamides is 1. The number of nitrogens with zero attached hydrogens (tertiary/aromatic N) is 2. The summed E-state index contributed by atoms with van der Waals surface area (Å²) in [5.74, 6) is -0.612. The van der Waals surface area contributed by atoms with E-state index in [-0.39, 0.29) is 9.77 Å². The van der Waals surface area contributed by atoms with E-state index >= 15 is 0 Å². The minimum atomic E-state index is -3.71. The third-order valence-electron chi connectivity index (χ3n) is 4.41. The molecule has 1 fully saturated rings. The van der Waals surface area contributed by atoms with Crippen LogP contribution in [0.4, 0.5) is 0 Å². The van der Waals surface area contributed by atoms with Crippen molar-refractivity contribution in [1.82, 2.24) is 9.21 Å². The highest BCUT2D eigenvalue weighted by Gasteiger charge is 2.31. The van der Waals surface area contributed by atoms with Crippen molar-refractivity contribution < 1.29 is 17.9 Å². The topological polar surface area (TPSA) is 66.9 Å². The summed E-state index contributed by atoms with van der Waals surface area (Å²) in [5, 5.41) is 1.61. The zero-order valence-corrected chi connectivity index (χ0v) is 16.3. The molecule has 26 heavy (non-hydrogen) atoms. The van der Waals surface area contributed by atoms with Crippen LogP contribution in [-0.2, 0) is 21.3 Å². The van der Waals surface area contributed by atoms with Gasteiger partial charge in [-0.1, -0.05) is 30.3 Å². The average Bonchev–Trinajstić information content (AvgIpc) is 3.03. The van der Waals surface area contributed by atoms with Crippen molar-refractivity contribution >= 4 is 27.3 Å². The minimum absolute atomic E-state index is 0.0471. The number of benzene rings is 1. The van der Waals surface area contributed by atoms with Crippen LogP contribution < -0.4 is 0 Å². The summed E-state index contributed by atoms with van der Waals surface area (Å²) in [7, 11) is -2.45. The van der Waals surface area contributed by atoms with Gasteiger partial charge in [-0.05, 0) is 30.0 Å². The minimum Gasteiger partial charge on any atom is -0.465 e. The van der Waals surface area contributed by atoms with Gasteiger partial charge in [-0.3, -0.25) is 4.90 Å². The molecule has 1 aliphatic rings. The van der Waals surface area contributed by atoms with Gasteiger partial charge in [-0.25, -0.2) is 13.2 Å². The fourth-order valence-corrected chi connectivity index (χ4v) is 5.85. The fourth-order valence-electron chi connectivity index (χ4n) is 3.07. The van der Waals surface area contributed by atoms with Gasteiger partial charge < -0.3 is 4.74 Å². The van der Waals surface area contributed by atoms with E-state index < -0.39 is 16.0 Å². The Morgan fingerprint density at radius 1 is 1.12 bits per heavy atom. The third-order valence-corrected chi connectivity index (χ3v) is 7.38. The SMILES string of the molecule is COC(=O)c1sccc1S(=O)(=O)N1CCCN(Cc2ccccc2)CC1. The van der Waals surface area contributed by atoms with Gasteiger partial charge in [0.25, 0.3) is 0 Å². The molecule has 1 aliphatic heterocycles. The first kappa shape index (κ1) is 19.0. The number of esters is 1. The molecular weight excluding hydrogens is 372 g/mol. The van der Waals surface area contributed by atoms with E-state index in [4.69, 9.17) is 4.74 Å². The van der Waals surface area contributed by atoms with Gasteiger partial charge in [0.1, 0.15) is 9.77 Å². The zero-order chi connectivity index (χ0) is 18.6. The van der Waals surface area contributed by atoms with Gasteiger partial charge in [-0.15, -0.1) is 11.3 Å². The first-order valence-corrected chi connectivity index (χ1v) is 10.8. The Morgan fingerprint density at radius 3 is 2.62 bits per heavy atom. The van der Waals surface area contributed by atoms with Crippen LogP contribution >= 0.6 is 11.3 Å². The Bertz CT molecular complexity index is 849. The molecule has 3 rings (SSSR count). The molecule has 0 N–H and O–H groups in total. The van der Waals surface area contributed by atoms with Crippen molar-refractivity contribution in [2.45, 2.75) is 17.9 Å². The van der Waals surface area contributed by atoms with Gasteiger partial charge in [0.15, 0.2) is 0 Å². The van der Waals surface area contributed by atoms with Crippen LogP contribution in [0, 0.1) is 0 Å². The molecule has 0 atom stereocenters. The van der Waals surface area contributed by atoms with E-state index in [9.17, 15) is 13.2 Å². The molecule has 6 nitrogen and oxygen atoms in total. The zero-order valence-electron chi connectivity index (χ0n) is 14.6. The van der Waals surface area contributed by atoms with Gasteiger partial charge in [0.2, 0.25) is 10.0 Å². The lowest BCUT2D eigenvalue weighted by Crippen LogP contribution is -2.35. The molecule has 8 heteroatoms. The number of carbonyl (C=O) groups excluding carboxylic acids is 1. The molecule has 0 saturated carbocycles. The van der Waals surface area contributed by atoms with Crippen LogP contribution in [0.15, 0.2) is 46.7 Å². The smallest absolute Gasteiger partial charge is 0.349 e. The molecule has 0 spiro atoms. The molecule has 0 amide bonds. The molecule has 1 aromatic heterocycles. The number of ether oxygens (including phenoxy) is 1. The van der Waals surface area contributed by atoms with E-state index in [1.165, 1.54) is 23.0 Å². The number of carbonyl (C=O) groups is 1. The number of rotatable bonds is 5. The first-order valence-electron chi connectivity index (χ1n) is 8.44. The molecule has 1 aromatic carbocycles. The fraction of sp³-hybridized carbons (Fsp3) is 0.389. The first-order chi connectivity index (χ1) is 12.5. The van der Waals surface area contributed by atoms with Gasteiger partial charge >= 0.3 is 5.97 Å². The second-order valence-electron chi connectivity index (χ2n) is 6.12. The highest BCUT2D eigenvalue weighted by Crippen LogP contribution is 2.26. The maximum Gasteiger partial charge on any atom is 0.349 e. The highest BCUT2D eigenvalue weighted by atomic mass is 32.2. The van der Waals surface area contributed by atoms with Crippen molar-refractivity contribution in [1.29, 1.82) is 0 Å². The van der Waals surface area contributed by atoms with Crippen LogP contribution in [0.5, 0.6) is 0 Å². The number of hydrogen-bond donors (Lipinski definition) is 0. The normalized spacial score (nSPS) is 17.0. The van der Waals surface area contributed by atoms with Crippen molar-refractivity contribution in [3.8, 4) is 0 Å². The van der Waals surface area contributed by atoms with Gasteiger partial charge in [-0.2, -0.15) is 4.31 Å². The van der Waals surface area contributed by atoms with Crippen molar-refractivity contribution in [3.63, 3.8) is 0 Å². The summed E-state index contributed by atoms with van der Waals surface area (Å²) in [4.78, 5) is 14.3.